The van der Waals surface area contributed by atoms with Crippen molar-refractivity contribution < 1.29 is 4.74 Å². The number of aromatic nitrogens is 2. The summed E-state index contributed by atoms with van der Waals surface area (Å²) in [4.78, 5) is 9.89. The molecule has 0 spiro atoms. The number of para-hydroxylation sites is 2. The van der Waals surface area contributed by atoms with E-state index in [0.717, 1.165) is 47.2 Å². The summed E-state index contributed by atoms with van der Waals surface area (Å²) in [6.07, 6.45) is 0. The van der Waals surface area contributed by atoms with Crippen molar-refractivity contribution in [1.29, 1.82) is 0 Å². The molecule has 0 bridgehead atoms. The minimum atomic E-state index is 0.851. The number of nitrogens with zero attached hydrogens (tertiary/aromatic N) is 1. The van der Waals surface area contributed by atoms with Crippen molar-refractivity contribution in [3.05, 3.63) is 69.6 Å². The molecule has 30 heavy (non-hydrogen) atoms. The molecule has 4 aromatic rings. The third-order valence-corrected chi connectivity index (χ3v) is 7.93. The number of rotatable bonds is 2. The Morgan fingerprint density at radius 1 is 0.867 bits per heavy atom. The van der Waals surface area contributed by atoms with E-state index in [1.807, 2.05) is 18.2 Å². The number of halogens is 2. The van der Waals surface area contributed by atoms with Gasteiger partial charge in [0.1, 0.15) is 10.8 Å². The first kappa shape index (κ1) is 18.4. The van der Waals surface area contributed by atoms with Gasteiger partial charge >= 0.3 is 0 Å². The van der Waals surface area contributed by atoms with E-state index < -0.39 is 0 Å². The van der Waals surface area contributed by atoms with Crippen LogP contribution in [0.4, 0.5) is 0 Å². The van der Waals surface area contributed by atoms with Gasteiger partial charge in [-0.1, -0.05) is 24.3 Å². The number of hydrogen-bond acceptors (Lipinski definition) is 3. The first-order valence-corrected chi connectivity index (χ1v) is 11.8. The van der Waals surface area contributed by atoms with Gasteiger partial charge in [0.25, 0.3) is 0 Å². The molecule has 2 aliphatic rings. The Balaban J connectivity index is 1.83. The highest BCUT2D eigenvalue weighted by atomic mass is 79.9. The normalized spacial score (nSPS) is 11.8. The van der Waals surface area contributed by atoms with Crippen molar-refractivity contribution in [3.8, 4) is 26.8 Å². The maximum Gasteiger partial charge on any atom is 0.127 e. The first-order chi connectivity index (χ1) is 14.7. The summed E-state index contributed by atoms with van der Waals surface area (Å²) in [6, 6.07) is 20.9. The number of aromatic amines is 1. The highest BCUT2D eigenvalue weighted by molar-refractivity contribution is 9.11. The maximum absolute atomic E-state index is 5.36. The summed E-state index contributed by atoms with van der Waals surface area (Å²) < 4.78 is 7.43. The number of hydrogen-bond donors (Lipinski definition) is 1. The van der Waals surface area contributed by atoms with Crippen molar-refractivity contribution in [2.24, 2.45) is 0 Å². The Morgan fingerprint density at radius 3 is 2.37 bits per heavy atom. The molecule has 0 saturated carbocycles. The zero-order valence-electron chi connectivity index (χ0n) is 15.8. The van der Waals surface area contributed by atoms with Gasteiger partial charge in [0.05, 0.1) is 23.7 Å². The third kappa shape index (κ3) is 2.57. The van der Waals surface area contributed by atoms with Gasteiger partial charge in [0.2, 0.25) is 0 Å². The Bertz CT molecular complexity index is 1550. The third-order valence-electron chi connectivity index (χ3n) is 5.49. The van der Waals surface area contributed by atoms with Crippen LogP contribution in [0.3, 0.4) is 0 Å². The van der Waals surface area contributed by atoms with Crippen molar-refractivity contribution in [1.82, 2.24) is 9.97 Å². The van der Waals surface area contributed by atoms with Gasteiger partial charge in [0.15, 0.2) is 0 Å². The Hall–Kier alpha value is -2.41. The van der Waals surface area contributed by atoms with Crippen LogP contribution in [0.15, 0.2) is 69.6 Å². The monoisotopic (exact) mass is 536 g/mol. The lowest BCUT2D eigenvalue weighted by Gasteiger charge is -2.09. The number of H-pyrrole nitrogens is 1. The van der Waals surface area contributed by atoms with E-state index in [0.29, 0.717) is 0 Å². The van der Waals surface area contributed by atoms with Gasteiger partial charge in [-0.2, -0.15) is 0 Å². The second-order valence-corrected chi connectivity index (χ2v) is 9.83. The van der Waals surface area contributed by atoms with E-state index in [9.17, 15) is 0 Å². The molecule has 0 atom stereocenters. The summed E-state index contributed by atoms with van der Waals surface area (Å²) >= 11 is 9.13. The van der Waals surface area contributed by atoms with Gasteiger partial charge in [-0.3, -0.25) is 0 Å². The lowest BCUT2D eigenvalue weighted by atomic mass is 10.0. The molecule has 6 rings (SSSR count). The van der Waals surface area contributed by atoms with Gasteiger partial charge in [0, 0.05) is 35.5 Å². The molecule has 0 aliphatic carbocycles. The largest absolute Gasteiger partial charge is 0.497 e. The van der Waals surface area contributed by atoms with Crippen LogP contribution < -0.4 is 4.74 Å². The van der Waals surface area contributed by atoms with E-state index >= 15 is 0 Å². The summed E-state index contributed by atoms with van der Waals surface area (Å²) in [5.41, 5.74) is 5.55. The quantitative estimate of drug-likeness (QED) is 0.241. The first-order valence-electron chi connectivity index (χ1n) is 9.41. The van der Waals surface area contributed by atoms with Crippen LogP contribution in [0.2, 0.25) is 0 Å². The smallest absolute Gasteiger partial charge is 0.127 e. The van der Waals surface area contributed by atoms with Crippen LogP contribution in [0, 0.1) is 0 Å². The van der Waals surface area contributed by atoms with Gasteiger partial charge in [-0.15, -0.1) is 11.3 Å². The molecule has 2 aliphatic heterocycles. The van der Waals surface area contributed by atoms with Crippen LogP contribution >= 0.6 is 43.2 Å². The van der Waals surface area contributed by atoms with E-state index in [1.54, 1.807) is 18.4 Å². The fourth-order valence-electron chi connectivity index (χ4n) is 4.12. The fourth-order valence-corrected chi connectivity index (χ4v) is 6.25. The highest BCUT2D eigenvalue weighted by Crippen LogP contribution is 2.49. The fraction of sp³-hybridized carbons (Fsp3) is 0.0417. The van der Waals surface area contributed by atoms with Crippen LogP contribution in [0.5, 0.6) is 5.75 Å². The average molecular weight is 538 g/mol. The van der Waals surface area contributed by atoms with E-state index in [4.69, 9.17) is 9.72 Å². The highest BCUT2D eigenvalue weighted by Gasteiger charge is 2.24. The van der Waals surface area contributed by atoms with Gasteiger partial charge < -0.3 is 9.72 Å². The topological polar surface area (TPSA) is 37.9 Å². The van der Waals surface area contributed by atoms with E-state index in [1.165, 1.54) is 21.2 Å². The predicted molar refractivity (Wildman–Crippen MR) is 133 cm³/mol. The summed E-state index contributed by atoms with van der Waals surface area (Å²) in [6.45, 7) is 0. The molecular weight excluding hydrogens is 524 g/mol. The summed E-state index contributed by atoms with van der Waals surface area (Å²) in [7, 11) is 1.69. The predicted octanol–water partition coefficient (Wildman–Crippen LogP) is 8.24. The Morgan fingerprint density at radius 2 is 1.60 bits per heavy atom. The van der Waals surface area contributed by atoms with Gasteiger partial charge in [-0.25, -0.2) is 4.98 Å². The molecule has 1 aromatic heterocycles. The number of benzene rings is 3. The summed E-state index contributed by atoms with van der Waals surface area (Å²) in [5.74, 6) is 0.851. The van der Waals surface area contributed by atoms with Gasteiger partial charge in [-0.05, 0) is 73.8 Å². The number of methoxy groups -OCH3 is 1. The lowest BCUT2D eigenvalue weighted by molar-refractivity contribution is 0.415. The molecule has 146 valence electrons. The zero-order valence-corrected chi connectivity index (χ0v) is 19.8. The molecule has 0 amide bonds. The van der Waals surface area contributed by atoms with Crippen LogP contribution in [-0.2, 0) is 0 Å². The molecule has 0 radical (unpaired) electrons. The van der Waals surface area contributed by atoms with Crippen molar-refractivity contribution in [3.63, 3.8) is 0 Å². The second kappa shape index (κ2) is 6.80. The van der Waals surface area contributed by atoms with Crippen LogP contribution in [0.25, 0.3) is 53.7 Å². The molecule has 0 saturated heterocycles. The molecule has 1 N–H and O–H groups in total. The maximum atomic E-state index is 5.36. The number of fused-ring (bicyclic) bond motifs is 7. The lowest BCUT2D eigenvalue weighted by Crippen LogP contribution is -1.85. The zero-order chi connectivity index (χ0) is 20.4. The molecular formula is C24H14Br2N2OS. The van der Waals surface area contributed by atoms with Crippen molar-refractivity contribution >= 4 is 75.9 Å². The van der Waals surface area contributed by atoms with Crippen LogP contribution in [0.1, 0.15) is 0 Å². The standard InChI is InChI=1S/C24H14Br2N2OS/c1-29-13-10-8-12(9-11-13)23-18-14-4-2-6-16(25)20(14)27-22(18)19-15-5-3-7-17(26)21(15)28-24(19)30-23/h2-11,27H,1H3. The minimum Gasteiger partial charge on any atom is -0.497 e. The molecule has 3 nitrogen and oxygen atoms in total. The molecule has 3 heterocycles. The Kier molecular flexibility index (Phi) is 4.17. The summed E-state index contributed by atoms with van der Waals surface area (Å²) in [5, 5.41) is 4.61. The van der Waals surface area contributed by atoms with Crippen molar-refractivity contribution in [2.75, 3.05) is 7.11 Å². The number of nitrogens with one attached hydrogen (secondary N) is 1. The van der Waals surface area contributed by atoms with E-state index in [2.05, 4.69) is 79.3 Å². The molecule has 0 unspecified atom stereocenters. The second-order valence-electron chi connectivity index (χ2n) is 7.13. The molecule has 0 fully saturated rings. The number of ether oxygens (including phenoxy) is 1. The van der Waals surface area contributed by atoms with E-state index in [-0.39, 0.29) is 0 Å². The minimum absolute atomic E-state index is 0.851. The average Bonchev–Trinajstić information content (AvgIpc) is 3.33. The molecule has 6 heteroatoms. The van der Waals surface area contributed by atoms with Crippen molar-refractivity contribution in [2.45, 2.75) is 0 Å². The molecule has 3 aromatic carbocycles. The SMILES string of the molecule is COc1ccc(-c2sc3nc4c(Br)cccc4c-3c3[nH]c4c(Br)cccc4c23)cc1. The van der Waals surface area contributed by atoms with Crippen LogP contribution in [-0.4, -0.2) is 17.1 Å². The Labute approximate surface area is 193 Å².